The van der Waals surface area contributed by atoms with Crippen molar-refractivity contribution in [1.29, 1.82) is 0 Å². The molecule has 49 heavy (non-hydrogen) atoms. The predicted octanol–water partition coefficient (Wildman–Crippen LogP) is 13.4. The maximum Gasteiger partial charge on any atom is 0.136 e. The summed E-state index contributed by atoms with van der Waals surface area (Å²) in [6.45, 7) is 4.33. The summed E-state index contributed by atoms with van der Waals surface area (Å²) >= 11 is 0. The minimum atomic E-state index is 0.892. The first-order chi connectivity index (χ1) is 24.1. The summed E-state index contributed by atoms with van der Waals surface area (Å²) in [7, 11) is 0. The zero-order valence-corrected chi connectivity index (χ0v) is 27.5. The molecule has 0 atom stereocenters. The Balaban J connectivity index is 1.17. The molecule has 0 aliphatic rings. The van der Waals surface area contributed by atoms with Gasteiger partial charge in [-0.2, -0.15) is 0 Å². The van der Waals surface area contributed by atoms with E-state index >= 15 is 0 Å². The second-order valence-corrected chi connectivity index (χ2v) is 12.8. The van der Waals surface area contributed by atoms with Crippen LogP contribution >= 0.6 is 0 Å². The third-order valence-corrected chi connectivity index (χ3v) is 9.61. The Bertz CT molecular complexity index is 2460. The van der Waals surface area contributed by atoms with Gasteiger partial charge in [-0.3, -0.25) is 0 Å². The molecule has 0 saturated carbocycles. The summed E-state index contributed by atoms with van der Waals surface area (Å²) in [5.41, 5.74) is 11.0. The van der Waals surface area contributed by atoms with Crippen LogP contribution in [0.4, 0.5) is 34.1 Å². The number of rotatable bonds is 6. The Morgan fingerprint density at radius 3 is 1.18 bits per heavy atom. The zero-order valence-electron chi connectivity index (χ0n) is 27.5. The molecular formula is C46H34N2O. The molecule has 8 aromatic carbocycles. The van der Waals surface area contributed by atoms with E-state index in [-0.39, 0.29) is 0 Å². The molecule has 234 valence electrons. The first-order valence-corrected chi connectivity index (χ1v) is 16.8. The van der Waals surface area contributed by atoms with Crippen LogP contribution in [0.15, 0.2) is 174 Å². The van der Waals surface area contributed by atoms with Gasteiger partial charge in [0.2, 0.25) is 0 Å². The average molecular weight is 631 g/mol. The van der Waals surface area contributed by atoms with Gasteiger partial charge in [0.05, 0.1) is 0 Å². The van der Waals surface area contributed by atoms with Crippen molar-refractivity contribution in [2.24, 2.45) is 0 Å². The molecule has 3 nitrogen and oxygen atoms in total. The van der Waals surface area contributed by atoms with Crippen LogP contribution in [0.5, 0.6) is 0 Å². The third kappa shape index (κ3) is 5.08. The van der Waals surface area contributed by atoms with Crippen molar-refractivity contribution in [1.82, 2.24) is 0 Å². The Morgan fingerprint density at radius 1 is 0.347 bits per heavy atom. The minimum Gasteiger partial charge on any atom is -0.456 e. The van der Waals surface area contributed by atoms with Gasteiger partial charge >= 0.3 is 0 Å². The highest BCUT2D eigenvalue weighted by Crippen LogP contribution is 2.42. The van der Waals surface area contributed by atoms with Crippen molar-refractivity contribution >= 4 is 77.6 Å². The number of fused-ring (bicyclic) bond motifs is 5. The van der Waals surface area contributed by atoms with E-state index in [1.807, 2.05) is 0 Å². The summed E-state index contributed by atoms with van der Waals surface area (Å²) in [5.74, 6) is 0. The van der Waals surface area contributed by atoms with E-state index in [2.05, 4.69) is 194 Å². The number of benzene rings is 8. The first-order valence-electron chi connectivity index (χ1n) is 16.8. The molecule has 9 aromatic rings. The predicted molar refractivity (Wildman–Crippen MR) is 208 cm³/mol. The van der Waals surface area contributed by atoms with Crippen molar-refractivity contribution in [3.63, 3.8) is 0 Å². The van der Waals surface area contributed by atoms with Crippen LogP contribution in [0.1, 0.15) is 11.1 Å². The maximum atomic E-state index is 6.62. The number of hydrogen-bond donors (Lipinski definition) is 0. The SMILES string of the molecule is Cc1ccccc1N(c1ccccc1)c1ccc2cc3c(cc2c1)oc1cc2cc(N(c4ccccc4)c4ccccc4C)ccc2cc13. The van der Waals surface area contributed by atoms with Gasteiger partial charge in [0.25, 0.3) is 0 Å². The third-order valence-electron chi connectivity index (χ3n) is 9.61. The molecule has 0 fully saturated rings. The Labute approximate surface area is 285 Å². The number of furan rings is 1. The number of hydrogen-bond acceptors (Lipinski definition) is 3. The molecule has 0 unspecified atom stereocenters. The van der Waals surface area contributed by atoms with Crippen LogP contribution in [0, 0.1) is 13.8 Å². The van der Waals surface area contributed by atoms with Crippen LogP contribution in [0.3, 0.4) is 0 Å². The molecule has 0 bridgehead atoms. The maximum absolute atomic E-state index is 6.62. The van der Waals surface area contributed by atoms with Gasteiger partial charge in [-0.15, -0.1) is 0 Å². The smallest absolute Gasteiger partial charge is 0.136 e. The summed E-state index contributed by atoms with van der Waals surface area (Å²) in [6.07, 6.45) is 0. The number of anilines is 6. The van der Waals surface area contributed by atoms with E-state index in [9.17, 15) is 0 Å². The first kappa shape index (κ1) is 28.9. The van der Waals surface area contributed by atoms with Crippen LogP contribution in [0.25, 0.3) is 43.5 Å². The average Bonchev–Trinajstić information content (AvgIpc) is 3.48. The lowest BCUT2D eigenvalue weighted by Crippen LogP contribution is -2.11. The summed E-state index contributed by atoms with van der Waals surface area (Å²) in [6, 6.07) is 60.6. The van der Waals surface area contributed by atoms with Gasteiger partial charge in [-0.05, 0) is 131 Å². The number of aryl methyl sites for hydroxylation is 2. The molecule has 0 saturated heterocycles. The normalized spacial score (nSPS) is 11.5. The fourth-order valence-corrected chi connectivity index (χ4v) is 7.15. The summed E-state index contributed by atoms with van der Waals surface area (Å²) in [5, 5.41) is 6.91. The van der Waals surface area contributed by atoms with Gasteiger partial charge < -0.3 is 14.2 Å². The Hall–Kier alpha value is -6.32. The summed E-state index contributed by atoms with van der Waals surface area (Å²) in [4.78, 5) is 4.66. The highest BCUT2D eigenvalue weighted by molar-refractivity contribution is 6.14. The summed E-state index contributed by atoms with van der Waals surface area (Å²) < 4.78 is 6.62. The lowest BCUT2D eigenvalue weighted by molar-refractivity contribution is 0.670. The van der Waals surface area contributed by atoms with Crippen molar-refractivity contribution < 1.29 is 4.42 Å². The molecule has 3 heteroatoms. The standard InChI is InChI=1S/C46H34N2O/c1-31-13-9-11-19-43(31)47(37-15-5-3-6-16-37)39-23-21-33-27-41-42-28-34-22-24-40(26-36(34)30-46(42)49-45(41)29-35(33)25-39)48(38-17-7-4-8-18-38)44-20-12-10-14-32(44)2/h3-30H,1-2H3. The van der Waals surface area contributed by atoms with E-state index in [0.717, 1.165) is 66.8 Å². The molecule has 0 spiro atoms. The number of nitrogens with zero attached hydrogens (tertiary/aromatic N) is 2. The fourth-order valence-electron chi connectivity index (χ4n) is 7.15. The Morgan fingerprint density at radius 2 is 0.755 bits per heavy atom. The molecule has 0 aliphatic carbocycles. The molecule has 1 aromatic heterocycles. The van der Waals surface area contributed by atoms with Crippen molar-refractivity contribution in [3.8, 4) is 0 Å². The van der Waals surface area contributed by atoms with E-state index < -0.39 is 0 Å². The van der Waals surface area contributed by atoms with Crippen LogP contribution in [-0.4, -0.2) is 0 Å². The molecule has 9 rings (SSSR count). The Kier molecular flexibility index (Phi) is 6.91. The molecule has 1 heterocycles. The topological polar surface area (TPSA) is 19.6 Å². The van der Waals surface area contributed by atoms with Gasteiger partial charge in [0.1, 0.15) is 11.2 Å². The highest BCUT2D eigenvalue weighted by atomic mass is 16.3. The largest absolute Gasteiger partial charge is 0.456 e. The van der Waals surface area contributed by atoms with Crippen molar-refractivity contribution in [3.05, 3.63) is 181 Å². The van der Waals surface area contributed by atoms with Crippen LogP contribution in [-0.2, 0) is 0 Å². The van der Waals surface area contributed by atoms with Crippen LogP contribution < -0.4 is 9.80 Å². The lowest BCUT2D eigenvalue weighted by atomic mass is 10.0. The van der Waals surface area contributed by atoms with Gasteiger partial charge in [-0.1, -0.05) is 84.9 Å². The molecule has 0 radical (unpaired) electrons. The van der Waals surface area contributed by atoms with Gasteiger partial charge in [-0.25, -0.2) is 0 Å². The van der Waals surface area contributed by atoms with Gasteiger partial charge in [0.15, 0.2) is 0 Å². The zero-order chi connectivity index (χ0) is 32.9. The quantitative estimate of drug-likeness (QED) is 0.182. The number of para-hydroxylation sites is 4. The molecule has 0 N–H and O–H groups in total. The lowest BCUT2D eigenvalue weighted by Gasteiger charge is -2.27. The van der Waals surface area contributed by atoms with E-state index in [4.69, 9.17) is 4.42 Å². The molecule has 0 aliphatic heterocycles. The van der Waals surface area contributed by atoms with Crippen LogP contribution in [0.2, 0.25) is 0 Å². The minimum absolute atomic E-state index is 0.892. The fraction of sp³-hybridized carbons (Fsp3) is 0.0435. The van der Waals surface area contributed by atoms with Crippen molar-refractivity contribution in [2.45, 2.75) is 13.8 Å². The second-order valence-electron chi connectivity index (χ2n) is 12.8. The molecular weight excluding hydrogens is 597 g/mol. The van der Waals surface area contributed by atoms with E-state index in [1.165, 1.54) is 21.9 Å². The monoisotopic (exact) mass is 630 g/mol. The van der Waals surface area contributed by atoms with E-state index in [0.29, 0.717) is 0 Å². The second kappa shape index (κ2) is 11.7. The highest BCUT2D eigenvalue weighted by Gasteiger charge is 2.18. The van der Waals surface area contributed by atoms with Crippen molar-refractivity contribution in [2.75, 3.05) is 9.80 Å². The van der Waals surface area contributed by atoms with E-state index in [1.54, 1.807) is 0 Å². The molecule has 0 amide bonds. The van der Waals surface area contributed by atoms with Gasteiger partial charge in [0, 0.05) is 44.9 Å².